The normalized spacial score (nSPS) is 18.2. The predicted molar refractivity (Wildman–Crippen MR) is 100 cm³/mol. The molecule has 0 saturated carbocycles. The molecule has 8 heteroatoms. The second kappa shape index (κ2) is 7.58. The lowest BCUT2D eigenvalue weighted by Gasteiger charge is -2.30. The molecular formula is C18H19N3O3S2. The molecule has 1 aliphatic heterocycles. The lowest BCUT2D eigenvalue weighted by Crippen LogP contribution is -2.43. The van der Waals surface area contributed by atoms with Gasteiger partial charge in [0.2, 0.25) is 5.91 Å². The zero-order chi connectivity index (χ0) is 18.7. The lowest BCUT2D eigenvalue weighted by atomic mass is 9.98. The van der Waals surface area contributed by atoms with Gasteiger partial charge in [0.15, 0.2) is 0 Å². The summed E-state index contributed by atoms with van der Waals surface area (Å²) in [7, 11) is -3.56. The summed E-state index contributed by atoms with van der Waals surface area (Å²) in [5.41, 5.74) is 1.01. The number of amides is 1. The number of piperidine rings is 1. The number of nitriles is 1. The minimum absolute atomic E-state index is 0.170. The molecule has 1 aromatic heterocycles. The van der Waals surface area contributed by atoms with Gasteiger partial charge in [0, 0.05) is 23.7 Å². The number of anilines is 1. The highest BCUT2D eigenvalue weighted by molar-refractivity contribution is 7.91. The van der Waals surface area contributed by atoms with Crippen LogP contribution in [-0.2, 0) is 14.8 Å². The van der Waals surface area contributed by atoms with Crippen molar-refractivity contribution in [3.8, 4) is 6.07 Å². The van der Waals surface area contributed by atoms with Crippen LogP contribution < -0.4 is 5.32 Å². The van der Waals surface area contributed by atoms with Crippen LogP contribution in [0.1, 0.15) is 23.3 Å². The molecule has 1 N–H and O–H groups in total. The van der Waals surface area contributed by atoms with E-state index in [1.165, 1.54) is 15.6 Å². The molecule has 2 heterocycles. The van der Waals surface area contributed by atoms with Crippen LogP contribution in [-0.4, -0.2) is 31.7 Å². The molecule has 2 aromatic rings. The van der Waals surface area contributed by atoms with E-state index in [1.54, 1.807) is 36.4 Å². The number of hydrogen-bond donors (Lipinski definition) is 1. The molecule has 0 radical (unpaired) electrons. The van der Waals surface area contributed by atoms with Crippen molar-refractivity contribution >= 4 is 33.0 Å². The number of carbonyl (C=O) groups excluding carboxylic acids is 1. The van der Waals surface area contributed by atoms with Crippen LogP contribution >= 0.6 is 11.3 Å². The fourth-order valence-corrected chi connectivity index (χ4v) is 5.92. The summed E-state index contributed by atoms with van der Waals surface area (Å²) in [5, 5.41) is 11.7. The number of hydrogen-bond acceptors (Lipinski definition) is 5. The molecule has 26 heavy (non-hydrogen) atoms. The molecule has 1 fully saturated rings. The van der Waals surface area contributed by atoms with Gasteiger partial charge >= 0.3 is 0 Å². The Labute approximate surface area is 157 Å². The van der Waals surface area contributed by atoms with Gasteiger partial charge in [-0.25, -0.2) is 8.42 Å². The Morgan fingerprint density at radius 1 is 1.35 bits per heavy atom. The fourth-order valence-electron chi connectivity index (χ4n) is 2.96. The molecule has 0 spiro atoms. The van der Waals surface area contributed by atoms with Gasteiger partial charge in [-0.2, -0.15) is 9.57 Å². The average molecular weight is 390 g/mol. The Morgan fingerprint density at radius 2 is 2.15 bits per heavy atom. The first-order chi connectivity index (χ1) is 12.4. The largest absolute Gasteiger partial charge is 0.326 e. The Bertz CT molecular complexity index is 960. The van der Waals surface area contributed by atoms with Crippen molar-refractivity contribution in [2.45, 2.75) is 24.0 Å². The number of carbonyl (C=O) groups is 1. The number of sulfonamides is 1. The van der Waals surface area contributed by atoms with Crippen molar-refractivity contribution in [3.05, 3.63) is 46.8 Å². The third-order valence-electron chi connectivity index (χ3n) is 4.32. The summed E-state index contributed by atoms with van der Waals surface area (Å²) >= 11 is 1.24. The Morgan fingerprint density at radius 3 is 2.85 bits per heavy atom. The molecule has 1 saturated heterocycles. The van der Waals surface area contributed by atoms with Crippen LogP contribution in [0.5, 0.6) is 0 Å². The monoisotopic (exact) mass is 389 g/mol. The number of nitrogens with one attached hydrogen (secondary N) is 1. The average Bonchev–Trinajstić information content (AvgIpc) is 3.09. The van der Waals surface area contributed by atoms with Gasteiger partial charge in [0.25, 0.3) is 10.0 Å². The first-order valence-electron chi connectivity index (χ1n) is 8.28. The maximum absolute atomic E-state index is 12.8. The van der Waals surface area contributed by atoms with Crippen LogP contribution in [0.25, 0.3) is 0 Å². The number of rotatable bonds is 4. The number of nitrogens with zero attached hydrogens (tertiary/aromatic N) is 2. The van der Waals surface area contributed by atoms with E-state index >= 15 is 0 Å². The first kappa shape index (κ1) is 18.6. The van der Waals surface area contributed by atoms with Crippen LogP contribution in [0, 0.1) is 24.2 Å². The molecule has 0 bridgehead atoms. The zero-order valence-corrected chi connectivity index (χ0v) is 15.9. The minimum atomic E-state index is -3.56. The summed E-state index contributed by atoms with van der Waals surface area (Å²) in [5.74, 6) is -0.632. The van der Waals surface area contributed by atoms with E-state index in [1.807, 2.05) is 13.0 Å². The molecular weight excluding hydrogens is 370 g/mol. The third-order valence-corrected chi connectivity index (χ3v) is 7.66. The fraction of sp³-hybridized carbons (Fsp3) is 0.333. The highest BCUT2D eigenvalue weighted by Gasteiger charge is 2.34. The van der Waals surface area contributed by atoms with Crippen molar-refractivity contribution < 1.29 is 13.2 Å². The van der Waals surface area contributed by atoms with Crippen LogP contribution in [0.3, 0.4) is 0 Å². The summed E-state index contributed by atoms with van der Waals surface area (Å²) in [6.45, 7) is 2.46. The molecule has 136 valence electrons. The molecule has 0 unspecified atom stereocenters. The molecule has 1 aromatic carbocycles. The topological polar surface area (TPSA) is 90.3 Å². The molecule has 1 atom stereocenters. The summed E-state index contributed by atoms with van der Waals surface area (Å²) in [6.07, 6.45) is 1.28. The maximum Gasteiger partial charge on any atom is 0.252 e. The second-order valence-corrected chi connectivity index (χ2v) is 9.70. The van der Waals surface area contributed by atoms with Gasteiger partial charge in [-0.1, -0.05) is 6.07 Å². The SMILES string of the molecule is Cc1ccc(S(=O)(=O)N2CCC[C@H](C(=O)Nc3cccc(C#N)c3)C2)s1. The molecule has 3 rings (SSSR count). The van der Waals surface area contributed by atoms with Crippen molar-refractivity contribution in [2.24, 2.45) is 5.92 Å². The molecule has 1 amide bonds. The highest BCUT2D eigenvalue weighted by Crippen LogP contribution is 2.28. The zero-order valence-electron chi connectivity index (χ0n) is 14.3. The van der Waals surface area contributed by atoms with Crippen molar-refractivity contribution in [3.63, 3.8) is 0 Å². The summed E-state index contributed by atoms with van der Waals surface area (Å²) in [4.78, 5) is 13.5. The van der Waals surface area contributed by atoms with Gasteiger partial charge in [0.05, 0.1) is 17.6 Å². The Hall–Kier alpha value is -2.21. The standard InChI is InChI=1S/C18H19N3O3S2/c1-13-7-8-17(25-13)26(23,24)21-9-3-5-15(12-21)18(22)20-16-6-2-4-14(10-16)11-19/h2,4,6-8,10,15H,3,5,9,12H2,1H3,(H,20,22)/t15-/m0/s1. The van der Waals surface area contributed by atoms with E-state index in [9.17, 15) is 13.2 Å². The van der Waals surface area contributed by atoms with E-state index in [2.05, 4.69) is 5.32 Å². The van der Waals surface area contributed by atoms with Crippen molar-refractivity contribution in [1.29, 1.82) is 5.26 Å². The van der Waals surface area contributed by atoms with E-state index in [0.717, 1.165) is 4.88 Å². The minimum Gasteiger partial charge on any atom is -0.326 e. The molecule has 1 aliphatic rings. The smallest absolute Gasteiger partial charge is 0.252 e. The van der Waals surface area contributed by atoms with E-state index < -0.39 is 15.9 Å². The summed E-state index contributed by atoms with van der Waals surface area (Å²) in [6, 6.07) is 12.1. The van der Waals surface area contributed by atoms with Gasteiger partial charge in [-0.05, 0) is 50.1 Å². The van der Waals surface area contributed by atoms with Crippen molar-refractivity contribution in [2.75, 3.05) is 18.4 Å². The van der Waals surface area contributed by atoms with Gasteiger partial charge in [-0.3, -0.25) is 4.79 Å². The number of aryl methyl sites for hydroxylation is 1. The highest BCUT2D eigenvalue weighted by atomic mass is 32.2. The Kier molecular flexibility index (Phi) is 5.41. The molecule has 6 nitrogen and oxygen atoms in total. The first-order valence-corrected chi connectivity index (χ1v) is 10.5. The number of benzene rings is 1. The quantitative estimate of drug-likeness (QED) is 0.870. The maximum atomic E-state index is 12.8. The third kappa shape index (κ3) is 3.96. The van der Waals surface area contributed by atoms with Crippen LogP contribution in [0.2, 0.25) is 0 Å². The van der Waals surface area contributed by atoms with Gasteiger partial charge in [0.1, 0.15) is 4.21 Å². The lowest BCUT2D eigenvalue weighted by molar-refractivity contribution is -0.120. The second-order valence-electron chi connectivity index (χ2n) is 6.25. The predicted octanol–water partition coefficient (Wildman–Crippen LogP) is 2.97. The summed E-state index contributed by atoms with van der Waals surface area (Å²) < 4.78 is 27.3. The number of thiophene rings is 1. The van der Waals surface area contributed by atoms with E-state index in [0.29, 0.717) is 34.8 Å². The van der Waals surface area contributed by atoms with Gasteiger partial charge < -0.3 is 5.32 Å². The van der Waals surface area contributed by atoms with Crippen molar-refractivity contribution in [1.82, 2.24) is 4.31 Å². The molecule has 0 aliphatic carbocycles. The van der Waals surface area contributed by atoms with Crippen LogP contribution in [0.4, 0.5) is 5.69 Å². The Balaban J connectivity index is 1.71. The van der Waals surface area contributed by atoms with E-state index in [4.69, 9.17) is 5.26 Å². The van der Waals surface area contributed by atoms with Gasteiger partial charge in [-0.15, -0.1) is 11.3 Å². The van der Waals surface area contributed by atoms with Crippen LogP contribution in [0.15, 0.2) is 40.6 Å². The van der Waals surface area contributed by atoms with E-state index in [-0.39, 0.29) is 12.5 Å².